The van der Waals surface area contributed by atoms with Crippen LogP contribution >= 0.6 is 0 Å². The first kappa shape index (κ1) is 18.0. The van der Waals surface area contributed by atoms with Crippen LogP contribution in [0.15, 0.2) is 70.4 Å². The maximum absolute atomic E-state index is 10.9. The molecular weight excluding hydrogens is 354 g/mol. The van der Waals surface area contributed by atoms with Crippen molar-refractivity contribution in [2.24, 2.45) is 10.5 Å². The topological polar surface area (TPSA) is 80.7 Å². The second-order valence-corrected chi connectivity index (χ2v) is 7.81. The summed E-state index contributed by atoms with van der Waals surface area (Å²) in [6, 6.07) is 16.3. The molecule has 6 heteroatoms. The first-order valence-corrected chi connectivity index (χ1v) is 9.16. The maximum Gasteiger partial charge on any atom is 0.269 e. The number of hydrazone groups is 1. The minimum Gasteiger partial charge on any atom is -0.468 e. The van der Waals surface area contributed by atoms with Crippen molar-refractivity contribution in [1.82, 2.24) is 0 Å². The molecule has 1 aliphatic carbocycles. The molecule has 142 valence electrons. The predicted octanol–water partition coefficient (Wildman–Crippen LogP) is 5.64. The molecule has 0 atom stereocenters. The third kappa shape index (κ3) is 3.53. The maximum atomic E-state index is 10.9. The minimum absolute atomic E-state index is 0.0365. The zero-order valence-electron chi connectivity index (χ0n) is 15.8. The van der Waals surface area contributed by atoms with Crippen molar-refractivity contribution in [3.63, 3.8) is 0 Å². The summed E-state index contributed by atoms with van der Waals surface area (Å²) in [6.07, 6.45) is 3.35. The van der Waals surface area contributed by atoms with E-state index in [1.165, 1.54) is 12.1 Å². The number of anilines is 1. The van der Waals surface area contributed by atoms with Crippen LogP contribution in [0.25, 0.3) is 11.1 Å². The van der Waals surface area contributed by atoms with Crippen molar-refractivity contribution < 1.29 is 9.34 Å². The number of nitrogens with one attached hydrogen (secondary N) is 1. The number of nitrogens with zero attached hydrogens (tertiary/aromatic N) is 2. The van der Waals surface area contributed by atoms with Gasteiger partial charge in [0.2, 0.25) is 0 Å². The third-order valence-electron chi connectivity index (χ3n) is 4.92. The summed E-state index contributed by atoms with van der Waals surface area (Å²) in [5.74, 6) is 0.901. The zero-order chi connectivity index (χ0) is 19.7. The molecule has 0 saturated heterocycles. The lowest BCUT2D eigenvalue weighted by molar-refractivity contribution is -0.384. The van der Waals surface area contributed by atoms with E-state index in [0.717, 1.165) is 46.7 Å². The van der Waals surface area contributed by atoms with Crippen LogP contribution in [0.3, 0.4) is 0 Å². The van der Waals surface area contributed by atoms with Gasteiger partial charge in [-0.2, -0.15) is 5.10 Å². The fourth-order valence-electron chi connectivity index (χ4n) is 3.60. The quantitative estimate of drug-likeness (QED) is 0.472. The van der Waals surface area contributed by atoms with Gasteiger partial charge in [0.15, 0.2) is 0 Å². The second-order valence-electron chi connectivity index (χ2n) is 7.81. The van der Waals surface area contributed by atoms with Crippen LogP contribution in [0.5, 0.6) is 0 Å². The van der Waals surface area contributed by atoms with Gasteiger partial charge in [0, 0.05) is 29.7 Å². The Bertz CT molecular complexity index is 1030. The van der Waals surface area contributed by atoms with E-state index in [9.17, 15) is 10.1 Å². The number of benzene rings is 2. The lowest BCUT2D eigenvalue weighted by atomic mass is 9.75. The van der Waals surface area contributed by atoms with E-state index in [2.05, 4.69) is 19.3 Å². The molecule has 0 fully saturated rings. The zero-order valence-corrected chi connectivity index (χ0v) is 15.8. The molecule has 2 aromatic carbocycles. The molecule has 1 N–H and O–H groups in total. The summed E-state index contributed by atoms with van der Waals surface area (Å²) < 4.78 is 5.89. The monoisotopic (exact) mass is 375 g/mol. The summed E-state index contributed by atoms with van der Waals surface area (Å²) in [5, 5.41) is 15.6. The number of hydrogen-bond acceptors (Lipinski definition) is 5. The molecule has 4 rings (SSSR count). The summed E-state index contributed by atoms with van der Waals surface area (Å²) in [6.45, 7) is 4.39. The lowest BCUT2D eigenvalue weighted by Gasteiger charge is -2.29. The van der Waals surface area contributed by atoms with E-state index in [-0.39, 0.29) is 11.1 Å². The Morgan fingerprint density at radius 3 is 2.46 bits per heavy atom. The second kappa shape index (κ2) is 6.96. The Balaban J connectivity index is 1.74. The third-order valence-corrected chi connectivity index (χ3v) is 4.92. The Labute approximate surface area is 163 Å². The van der Waals surface area contributed by atoms with Gasteiger partial charge in [-0.3, -0.25) is 15.5 Å². The molecule has 0 amide bonds. The van der Waals surface area contributed by atoms with Gasteiger partial charge in [0.1, 0.15) is 5.76 Å². The van der Waals surface area contributed by atoms with Crippen LogP contribution in [0.2, 0.25) is 0 Å². The Morgan fingerprint density at radius 2 is 1.79 bits per heavy atom. The molecule has 3 aromatic rings. The summed E-state index contributed by atoms with van der Waals surface area (Å²) in [5.41, 5.74) is 7.87. The van der Waals surface area contributed by atoms with Crippen LogP contribution in [0.1, 0.15) is 31.6 Å². The van der Waals surface area contributed by atoms with Gasteiger partial charge < -0.3 is 4.42 Å². The normalized spacial score (nSPS) is 16.6. The van der Waals surface area contributed by atoms with Gasteiger partial charge >= 0.3 is 0 Å². The fourth-order valence-corrected chi connectivity index (χ4v) is 3.60. The Kier molecular flexibility index (Phi) is 4.47. The minimum atomic E-state index is -0.395. The average Bonchev–Trinajstić information content (AvgIpc) is 3.09. The van der Waals surface area contributed by atoms with Crippen molar-refractivity contribution >= 4 is 17.1 Å². The Hall–Kier alpha value is -3.41. The summed E-state index contributed by atoms with van der Waals surface area (Å²) in [7, 11) is 0. The molecule has 0 spiro atoms. The van der Waals surface area contributed by atoms with E-state index in [4.69, 9.17) is 9.52 Å². The van der Waals surface area contributed by atoms with Crippen molar-refractivity contribution in [2.45, 2.75) is 26.7 Å². The number of para-hydroxylation sites is 1. The molecular formula is C22H21N3O3. The van der Waals surface area contributed by atoms with Gasteiger partial charge in [-0.25, -0.2) is 0 Å². The molecule has 28 heavy (non-hydrogen) atoms. The number of hydrogen-bond donors (Lipinski definition) is 1. The van der Waals surface area contributed by atoms with Crippen molar-refractivity contribution in [3.05, 3.63) is 82.3 Å². The van der Waals surface area contributed by atoms with E-state index in [0.29, 0.717) is 0 Å². The smallest absolute Gasteiger partial charge is 0.269 e. The van der Waals surface area contributed by atoms with Gasteiger partial charge in [-0.15, -0.1) is 0 Å². The number of non-ortho nitro benzene ring substituents is 1. The van der Waals surface area contributed by atoms with E-state index >= 15 is 0 Å². The largest absolute Gasteiger partial charge is 0.468 e. The molecule has 0 bridgehead atoms. The predicted molar refractivity (Wildman–Crippen MR) is 110 cm³/mol. The molecule has 0 unspecified atom stereocenters. The fraction of sp³-hybridized carbons (Fsp3) is 0.227. The number of rotatable bonds is 4. The number of furan rings is 1. The molecule has 1 aromatic heterocycles. The first-order valence-electron chi connectivity index (χ1n) is 9.16. The molecule has 1 heterocycles. The molecule has 1 aliphatic rings. The van der Waals surface area contributed by atoms with Crippen LogP contribution in [0, 0.1) is 15.5 Å². The van der Waals surface area contributed by atoms with E-state index in [1.807, 2.05) is 30.3 Å². The standard InChI is InChI=1S/C22H21N3O3/c1-22(2)12-19(24-23-16-6-4-3-5-7-16)21-18(14-28-20(21)13-22)15-8-10-17(11-9-15)25(26)27/h3-11,14,23H,12-13H2,1-2H3/b24-19-. The SMILES string of the molecule is CC1(C)C/C(=N/Nc2ccccc2)c2c(-c3ccc([N+](=O)[O-])cc3)coc2C1. The highest BCUT2D eigenvalue weighted by Gasteiger charge is 2.34. The number of fused-ring (bicyclic) bond motifs is 1. The molecule has 0 saturated carbocycles. The Morgan fingerprint density at radius 1 is 1.07 bits per heavy atom. The summed E-state index contributed by atoms with van der Waals surface area (Å²) >= 11 is 0. The molecule has 0 radical (unpaired) electrons. The van der Waals surface area contributed by atoms with E-state index < -0.39 is 4.92 Å². The average molecular weight is 375 g/mol. The van der Waals surface area contributed by atoms with Gasteiger partial charge in [-0.1, -0.05) is 32.0 Å². The van der Waals surface area contributed by atoms with Crippen molar-refractivity contribution in [1.29, 1.82) is 0 Å². The van der Waals surface area contributed by atoms with Crippen molar-refractivity contribution in [3.8, 4) is 11.1 Å². The van der Waals surface area contributed by atoms with Crippen LogP contribution in [-0.4, -0.2) is 10.6 Å². The highest BCUT2D eigenvalue weighted by Crippen LogP contribution is 2.41. The molecule has 6 nitrogen and oxygen atoms in total. The number of nitro groups is 1. The molecule has 0 aliphatic heterocycles. The summed E-state index contributed by atoms with van der Waals surface area (Å²) in [4.78, 5) is 10.5. The number of nitro benzene ring substituents is 1. The highest BCUT2D eigenvalue weighted by atomic mass is 16.6. The first-order chi connectivity index (χ1) is 13.4. The van der Waals surface area contributed by atoms with Crippen LogP contribution in [0.4, 0.5) is 11.4 Å². The van der Waals surface area contributed by atoms with Gasteiger partial charge in [0.25, 0.3) is 5.69 Å². The van der Waals surface area contributed by atoms with Crippen LogP contribution < -0.4 is 5.43 Å². The van der Waals surface area contributed by atoms with Crippen molar-refractivity contribution in [2.75, 3.05) is 5.43 Å². The highest BCUT2D eigenvalue weighted by molar-refractivity contribution is 6.08. The van der Waals surface area contributed by atoms with Gasteiger partial charge in [-0.05, 0) is 41.7 Å². The van der Waals surface area contributed by atoms with E-state index in [1.54, 1.807) is 18.4 Å². The van der Waals surface area contributed by atoms with Crippen LogP contribution in [-0.2, 0) is 6.42 Å². The van der Waals surface area contributed by atoms with Gasteiger partial charge in [0.05, 0.1) is 22.6 Å². The lowest BCUT2D eigenvalue weighted by Crippen LogP contribution is -2.27.